The number of carbonyl (C=O) groups excluding carboxylic acids is 1. The van der Waals surface area contributed by atoms with Gasteiger partial charge in [0, 0.05) is 19.1 Å². The van der Waals surface area contributed by atoms with E-state index < -0.39 is 0 Å². The zero-order chi connectivity index (χ0) is 14.4. The molecule has 0 N–H and O–H groups in total. The Kier molecular flexibility index (Phi) is 3.69. The molecule has 3 unspecified atom stereocenters. The Morgan fingerprint density at radius 3 is 2.37 bits per heavy atom. The number of hydrogen-bond donors (Lipinski definition) is 0. The van der Waals surface area contributed by atoms with Crippen LogP contribution in [-0.4, -0.2) is 48.3 Å². The van der Waals surface area contributed by atoms with Crippen LogP contribution in [0.15, 0.2) is 0 Å². The van der Waals surface area contributed by atoms with E-state index >= 15 is 0 Å². The molecule has 19 heavy (non-hydrogen) atoms. The van der Waals surface area contributed by atoms with Crippen molar-refractivity contribution < 1.29 is 14.3 Å². The van der Waals surface area contributed by atoms with E-state index in [2.05, 4.69) is 39.5 Å². The minimum absolute atomic E-state index is 0.00418. The van der Waals surface area contributed by atoms with Gasteiger partial charge in [-0.15, -0.1) is 0 Å². The second-order valence-electron chi connectivity index (χ2n) is 7.25. The van der Waals surface area contributed by atoms with E-state index in [1.807, 2.05) is 0 Å². The van der Waals surface area contributed by atoms with E-state index in [4.69, 9.17) is 9.47 Å². The summed E-state index contributed by atoms with van der Waals surface area (Å²) < 4.78 is 11.1. The predicted octanol–water partition coefficient (Wildman–Crippen LogP) is 2.07. The maximum atomic E-state index is 11.8. The van der Waals surface area contributed by atoms with E-state index in [0.29, 0.717) is 12.0 Å². The number of methoxy groups -OCH3 is 1. The third kappa shape index (κ3) is 2.79. The van der Waals surface area contributed by atoms with Gasteiger partial charge in [-0.3, -0.25) is 9.69 Å². The molecule has 110 valence electrons. The summed E-state index contributed by atoms with van der Waals surface area (Å²) in [5.41, 5.74) is -0.241. The van der Waals surface area contributed by atoms with Gasteiger partial charge < -0.3 is 9.47 Å². The Labute approximate surface area is 116 Å². The molecule has 2 rings (SSSR count). The smallest absolute Gasteiger partial charge is 0.310 e. The zero-order valence-corrected chi connectivity index (χ0v) is 13.0. The van der Waals surface area contributed by atoms with Crippen LogP contribution >= 0.6 is 0 Å². The van der Waals surface area contributed by atoms with Crippen LogP contribution in [0.25, 0.3) is 0 Å². The largest absolute Gasteiger partial charge is 0.469 e. The second kappa shape index (κ2) is 4.74. The molecule has 4 nitrogen and oxygen atoms in total. The average Bonchev–Trinajstić information content (AvgIpc) is 2.74. The van der Waals surface area contributed by atoms with Crippen molar-refractivity contribution in [2.75, 3.05) is 20.2 Å². The summed E-state index contributed by atoms with van der Waals surface area (Å²) in [5, 5.41) is 0. The molecule has 4 heteroatoms. The highest BCUT2D eigenvalue weighted by Gasteiger charge is 2.51. The highest BCUT2D eigenvalue weighted by Crippen LogP contribution is 2.42. The summed E-state index contributed by atoms with van der Waals surface area (Å²) in [6, 6.07) is 0.375. The Balaban J connectivity index is 2.10. The lowest BCUT2D eigenvalue weighted by Crippen LogP contribution is -2.45. The molecule has 0 aromatic rings. The minimum atomic E-state index is -0.159. The fourth-order valence-electron chi connectivity index (χ4n) is 3.82. The third-order valence-corrected chi connectivity index (χ3v) is 4.61. The van der Waals surface area contributed by atoms with Crippen molar-refractivity contribution in [3.8, 4) is 0 Å². The molecule has 0 spiro atoms. The van der Waals surface area contributed by atoms with Crippen LogP contribution in [0.2, 0.25) is 0 Å². The van der Waals surface area contributed by atoms with E-state index in [0.717, 1.165) is 19.5 Å². The summed E-state index contributed by atoms with van der Waals surface area (Å²) in [6.07, 6.45) is 1.01. The van der Waals surface area contributed by atoms with Crippen LogP contribution in [0.3, 0.4) is 0 Å². The maximum absolute atomic E-state index is 11.8. The standard InChI is InChI=1S/C15H27NO3/c1-10-8-16(9-11(10)13(17)18-6)12-7-14(2,3)19-15(12,4)5/h10-12H,7-9H2,1-6H3. The van der Waals surface area contributed by atoms with Gasteiger partial charge in [-0.2, -0.15) is 0 Å². The van der Waals surface area contributed by atoms with Gasteiger partial charge in [-0.05, 0) is 40.0 Å². The van der Waals surface area contributed by atoms with Gasteiger partial charge in [0.2, 0.25) is 0 Å². The quantitative estimate of drug-likeness (QED) is 0.719. The lowest BCUT2D eigenvalue weighted by Gasteiger charge is -2.33. The average molecular weight is 269 g/mol. The molecular weight excluding hydrogens is 242 g/mol. The molecule has 0 saturated carbocycles. The molecular formula is C15H27NO3. The number of rotatable bonds is 2. The van der Waals surface area contributed by atoms with Gasteiger partial charge in [0.15, 0.2) is 0 Å². The molecule has 0 aromatic carbocycles. The predicted molar refractivity (Wildman–Crippen MR) is 73.9 cm³/mol. The Hall–Kier alpha value is -0.610. The number of esters is 1. The molecule has 0 aliphatic carbocycles. The van der Waals surface area contributed by atoms with E-state index in [1.165, 1.54) is 7.11 Å². The van der Waals surface area contributed by atoms with Crippen molar-refractivity contribution in [3.63, 3.8) is 0 Å². The van der Waals surface area contributed by atoms with Crippen molar-refractivity contribution >= 4 is 5.97 Å². The molecule has 2 aliphatic heterocycles. The van der Waals surface area contributed by atoms with Crippen molar-refractivity contribution in [1.82, 2.24) is 4.90 Å². The third-order valence-electron chi connectivity index (χ3n) is 4.61. The van der Waals surface area contributed by atoms with Crippen LogP contribution in [-0.2, 0) is 14.3 Å². The SMILES string of the molecule is COC(=O)C1CN(C2CC(C)(C)OC2(C)C)CC1C. The van der Waals surface area contributed by atoms with E-state index in [-0.39, 0.29) is 23.1 Å². The fourth-order valence-corrected chi connectivity index (χ4v) is 3.82. The number of carbonyl (C=O) groups is 1. The fraction of sp³-hybridized carbons (Fsp3) is 0.933. The normalized spacial score (nSPS) is 37.5. The Morgan fingerprint density at radius 1 is 1.26 bits per heavy atom. The highest BCUT2D eigenvalue weighted by atomic mass is 16.5. The summed E-state index contributed by atoms with van der Waals surface area (Å²) >= 11 is 0. The van der Waals surface area contributed by atoms with Crippen molar-refractivity contribution in [1.29, 1.82) is 0 Å². The van der Waals surface area contributed by atoms with Crippen LogP contribution < -0.4 is 0 Å². The van der Waals surface area contributed by atoms with Gasteiger partial charge in [0.05, 0.1) is 24.2 Å². The van der Waals surface area contributed by atoms with Gasteiger partial charge in [0.25, 0.3) is 0 Å². The first-order valence-corrected chi connectivity index (χ1v) is 7.18. The number of nitrogens with zero attached hydrogens (tertiary/aromatic N) is 1. The molecule has 2 fully saturated rings. The first-order valence-electron chi connectivity index (χ1n) is 7.18. The van der Waals surface area contributed by atoms with Crippen LogP contribution in [0.1, 0.15) is 41.0 Å². The number of ether oxygens (including phenoxy) is 2. The number of hydrogen-bond acceptors (Lipinski definition) is 4. The molecule has 2 heterocycles. The van der Waals surface area contributed by atoms with Crippen LogP contribution in [0.5, 0.6) is 0 Å². The molecule has 2 aliphatic rings. The second-order valence-corrected chi connectivity index (χ2v) is 7.25. The molecule has 0 aromatic heterocycles. The topological polar surface area (TPSA) is 38.8 Å². The van der Waals surface area contributed by atoms with Crippen LogP contribution in [0, 0.1) is 11.8 Å². The first-order chi connectivity index (χ1) is 8.66. The monoisotopic (exact) mass is 269 g/mol. The van der Waals surface area contributed by atoms with Crippen LogP contribution in [0.4, 0.5) is 0 Å². The molecule has 0 radical (unpaired) electrons. The van der Waals surface area contributed by atoms with Gasteiger partial charge >= 0.3 is 5.97 Å². The van der Waals surface area contributed by atoms with E-state index in [1.54, 1.807) is 0 Å². The molecule has 0 amide bonds. The maximum Gasteiger partial charge on any atom is 0.310 e. The summed E-state index contributed by atoms with van der Waals surface area (Å²) in [6.45, 7) is 12.5. The summed E-state index contributed by atoms with van der Waals surface area (Å²) in [5.74, 6) is 0.280. The first kappa shape index (κ1) is 14.8. The lowest BCUT2D eigenvalue weighted by atomic mass is 9.93. The van der Waals surface area contributed by atoms with E-state index in [9.17, 15) is 4.79 Å². The summed E-state index contributed by atoms with van der Waals surface area (Å²) in [4.78, 5) is 14.2. The van der Waals surface area contributed by atoms with Gasteiger partial charge in [0.1, 0.15) is 0 Å². The Morgan fingerprint density at radius 2 is 1.89 bits per heavy atom. The number of likely N-dealkylation sites (tertiary alicyclic amines) is 1. The van der Waals surface area contributed by atoms with Gasteiger partial charge in [-0.25, -0.2) is 0 Å². The Bertz CT molecular complexity index is 364. The molecule has 3 atom stereocenters. The minimum Gasteiger partial charge on any atom is -0.469 e. The van der Waals surface area contributed by atoms with Crippen molar-refractivity contribution in [2.24, 2.45) is 11.8 Å². The lowest BCUT2D eigenvalue weighted by molar-refractivity contribution is -0.146. The van der Waals surface area contributed by atoms with Crippen molar-refractivity contribution in [3.05, 3.63) is 0 Å². The van der Waals surface area contributed by atoms with Crippen molar-refractivity contribution in [2.45, 2.75) is 58.3 Å². The molecule has 2 saturated heterocycles. The van der Waals surface area contributed by atoms with Gasteiger partial charge in [-0.1, -0.05) is 6.92 Å². The zero-order valence-electron chi connectivity index (χ0n) is 13.0. The molecule has 0 bridgehead atoms. The highest BCUT2D eigenvalue weighted by molar-refractivity contribution is 5.73. The summed E-state index contributed by atoms with van der Waals surface area (Å²) in [7, 11) is 1.48.